The number of halogens is 1. The van der Waals surface area contributed by atoms with E-state index in [1.54, 1.807) is 25.1 Å². The third-order valence-corrected chi connectivity index (χ3v) is 5.35. The van der Waals surface area contributed by atoms with Crippen molar-refractivity contribution in [2.24, 2.45) is 5.92 Å². The second kappa shape index (κ2) is 8.75. The van der Waals surface area contributed by atoms with Gasteiger partial charge in [0.25, 0.3) is 5.91 Å². The first-order valence-electron chi connectivity index (χ1n) is 10.2. The van der Waals surface area contributed by atoms with E-state index in [-0.39, 0.29) is 36.6 Å². The van der Waals surface area contributed by atoms with Crippen LogP contribution in [-0.2, 0) is 9.59 Å². The van der Waals surface area contributed by atoms with Crippen molar-refractivity contribution in [1.29, 1.82) is 0 Å². The van der Waals surface area contributed by atoms with Gasteiger partial charge in [-0.2, -0.15) is 0 Å². The molecule has 1 aliphatic carbocycles. The van der Waals surface area contributed by atoms with Gasteiger partial charge < -0.3 is 14.8 Å². The summed E-state index contributed by atoms with van der Waals surface area (Å²) >= 11 is 0. The second-order valence-corrected chi connectivity index (χ2v) is 7.77. The number of amides is 2. The summed E-state index contributed by atoms with van der Waals surface area (Å²) < 4.78 is 24.1. The van der Waals surface area contributed by atoms with Gasteiger partial charge in [-0.05, 0) is 56.0 Å². The lowest BCUT2D eigenvalue weighted by Crippen LogP contribution is -2.51. The van der Waals surface area contributed by atoms with Crippen molar-refractivity contribution in [3.63, 3.8) is 0 Å². The number of nitrogens with zero attached hydrogens (tertiary/aromatic N) is 1. The quantitative estimate of drug-likeness (QED) is 0.656. The van der Waals surface area contributed by atoms with E-state index >= 15 is 0 Å². The number of carbonyl (C=O) groups is 3. The fourth-order valence-electron chi connectivity index (χ4n) is 3.39. The van der Waals surface area contributed by atoms with Gasteiger partial charge in [-0.15, -0.1) is 0 Å². The lowest BCUT2D eigenvalue weighted by atomic mass is 10.1. The Bertz CT molecular complexity index is 1020. The minimum Gasteiger partial charge on any atom is -0.485 e. The average Bonchev–Trinajstić information content (AvgIpc) is 3.59. The monoisotopic (exact) mass is 426 g/mol. The maximum absolute atomic E-state index is 13.3. The number of ketones is 1. The molecule has 1 atom stereocenters. The molecule has 1 fully saturated rings. The Kier molecular flexibility index (Phi) is 5.88. The number of ether oxygens (including phenoxy) is 2. The smallest absolute Gasteiger partial charge is 0.265 e. The van der Waals surface area contributed by atoms with Crippen molar-refractivity contribution in [3.05, 3.63) is 53.8 Å². The van der Waals surface area contributed by atoms with Crippen LogP contribution in [0.3, 0.4) is 0 Å². The van der Waals surface area contributed by atoms with E-state index in [4.69, 9.17) is 9.47 Å². The van der Waals surface area contributed by atoms with Gasteiger partial charge in [-0.1, -0.05) is 6.07 Å². The molecule has 162 valence electrons. The first-order chi connectivity index (χ1) is 14.9. The molecule has 0 radical (unpaired) electrons. The summed E-state index contributed by atoms with van der Waals surface area (Å²) in [5.41, 5.74) is 0.658. The predicted octanol–water partition coefficient (Wildman–Crippen LogP) is 2.73. The molecule has 7 nitrogen and oxygen atoms in total. The van der Waals surface area contributed by atoms with Crippen LogP contribution in [0.5, 0.6) is 11.5 Å². The number of fused-ring (bicyclic) bond motifs is 1. The van der Waals surface area contributed by atoms with Crippen molar-refractivity contribution in [3.8, 4) is 11.5 Å². The van der Waals surface area contributed by atoms with E-state index < -0.39 is 11.9 Å². The highest BCUT2D eigenvalue weighted by Gasteiger charge is 2.34. The van der Waals surface area contributed by atoms with Gasteiger partial charge in [0, 0.05) is 18.2 Å². The third-order valence-electron chi connectivity index (χ3n) is 5.35. The van der Waals surface area contributed by atoms with E-state index in [1.165, 1.54) is 29.2 Å². The molecule has 1 heterocycles. The van der Waals surface area contributed by atoms with E-state index in [0.29, 0.717) is 29.5 Å². The van der Waals surface area contributed by atoms with Crippen LogP contribution in [-0.4, -0.2) is 43.4 Å². The molecule has 2 amide bonds. The molecule has 1 saturated carbocycles. The summed E-state index contributed by atoms with van der Waals surface area (Å²) in [5.74, 6) is -0.237. The zero-order valence-corrected chi connectivity index (χ0v) is 17.1. The molecule has 0 aromatic heterocycles. The number of anilines is 1. The topological polar surface area (TPSA) is 84.9 Å². The Labute approximate surface area is 179 Å². The molecule has 8 heteroatoms. The zero-order valence-electron chi connectivity index (χ0n) is 17.1. The van der Waals surface area contributed by atoms with Crippen LogP contribution >= 0.6 is 0 Å². The van der Waals surface area contributed by atoms with Gasteiger partial charge in [0.05, 0.1) is 5.69 Å². The maximum Gasteiger partial charge on any atom is 0.265 e. The summed E-state index contributed by atoms with van der Waals surface area (Å²) in [6, 6.07) is 9.46. The number of carbonyl (C=O) groups excluding carboxylic acids is 3. The van der Waals surface area contributed by atoms with Crippen LogP contribution in [0.15, 0.2) is 42.5 Å². The molecule has 1 N–H and O–H groups in total. The van der Waals surface area contributed by atoms with Gasteiger partial charge in [0.15, 0.2) is 19.0 Å². The lowest BCUT2D eigenvalue weighted by molar-refractivity contribution is -0.127. The molecule has 4 rings (SSSR count). The number of rotatable bonds is 8. The van der Waals surface area contributed by atoms with Crippen molar-refractivity contribution in [1.82, 2.24) is 5.32 Å². The zero-order chi connectivity index (χ0) is 22.0. The Morgan fingerprint density at radius 2 is 2.06 bits per heavy atom. The van der Waals surface area contributed by atoms with Crippen LogP contribution in [0.2, 0.25) is 0 Å². The molecule has 0 spiro atoms. The molecule has 0 unspecified atom stereocenters. The van der Waals surface area contributed by atoms with Crippen molar-refractivity contribution >= 4 is 23.3 Å². The van der Waals surface area contributed by atoms with Crippen molar-refractivity contribution < 1.29 is 28.2 Å². The minimum absolute atomic E-state index is 0.177. The fourth-order valence-corrected chi connectivity index (χ4v) is 3.39. The maximum atomic E-state index is 13.3. The van der Waals surface area contributed by atoms with E-state index in [0.717, 1.165) is 12.8 Å². The van der Waals surface area contributed by atoms with E-state index in [1.807, 2.05) is 0 Å². The average molecular weight is 426 g/mol. The van der Waals surface area contributed by atoms with Gasteiger partial charge in [-0.3, -0.25) is 19.3 Å². The second-order valence-electron chi connectivity index (χ2n) is 7.77. The summed E-state index contributed by atoms with van der Waals surface area (Å²) in [5, 5.41) is 2.88. The predicted molar refractivity (Wildman–Crippen MR) is 111 cm³/mol. The Balaban J connectivity index is 1.50. The van der Waals surface area contributed by atoms with Crippen LogP contribution in [0, 0.1) is 11.7 Å². The molecule has 2 aromatic rings. The molecule has 1 aliphatic heterocycles. The van der Waals surface area contributed by atoms with E-state index in [2.05, 4.69) is 5.32 Å². The van der Waals surface area contributed by atoms with Crippen LogP contribution in [0.1, 0.15) is 30.1 Å². The largest absolute Gasteiger partial charge is 0.485 e. The molecule has 2 aromatic carbocycles. The van der Waals surface area contributed by atoms with Gasteiger partial charge >= 0.3 is 0 Å². The standard InChI is InChI=1S/C23H23FN2O5/c1-14(23(29)25-11-15-5-6-15)26-19-9-16(7-8-21(19)31-13-22(26)28)20(27)12-30-18-4-2-3-17(24)10-18/h2-4,7-10,14-15H,5-6,11-13H2,1H3,(H,25,29)/t14-/m1/s1. The van der Waals surface area contributed by atoms with Crippen LogP contribution in [0.4, 0.5) is 10.1 Å². The highest BCUT2D eigenvalue weighted by molar-refractivity contribution is 6.05. The molecule has 0 saturated heterocycles. The van der Waals surface area contributed by atoms with Crippen molar-refractivity contribution in [2.45, 2.75) is 25.8 Å². The van der Waals surface area contributed by atoms with Gasteiger partial charge in [-0.25, -0.2) is 4.39 Å². The number of benzene rings is 2. The normalized spacial score (nSPS) is 16.2. The fraction of sp³-hybridized carbons (Fsp3) is 0.348. The summed E-state index contributed by atoms with van der Waals surface area (Å²) in [4.78, 5) is 39.1. The number of hydrogen-bond donors (Lipinski definition) is 1. The third kappa shape index (κ3) is 4.84. The van der Waals surface area contributed by atoms with Crippen LogP contribution in [0.25, 0.3) is 0 Å². The molecule has 2 aliphatic rings. The Hall–Kier alpha value is -3.42. The number of hydrogen-bond acceptors (Lipinski definition) is 5. The van der Waals surface area contributed by atoms with Gasteiger partial charge in [0.1, 0.15) is 23.4 Å². The number of Topliss-reactive ketones (excluding diaryl/α,β-unsaturated/α-hetero) is 1. The molecular formula is C23H23FN2O5. The highest BCUT2D eigenvalue weighted by Crippen LogP contribution is 2.35. The first-order valence-corrected chi connectivity index (χ1v) is 10.2. The van der Waals surface area contributed by atoms with Gasteiger partial charge in [0.2, 0.25) is 5.91 Å². The first kappa shape index (κ1) is 20.8. The van der Waals surface area contributed by atoms with Crippen molar-refractivity contribution in [2.75, 3.05) is 24.7 Å². The summed E-state index contributed by atoms with van der Waals surface area (Å²) in [6.07, 6.45) is 2.22. The summed E-state index contributed by atoms with van der Waals surface area (Å²) in [7, 11) is 0. The Morgan fingerprint density at radius 3 is 2.81 bits per heavy atom. The minimum atomic E-state index is -0.747. The summed E-state index contributed by atoms with van der Waals surface area (Å²) in [6.45, 7) is 1.78. The SMILES string of the molecule is C[C@H](C(=O)NCC1CC1)N1C(=O)COc2ccc(C(=O)COc3cccc(F)c3)cc21. The van der Waals surface area contributed by atoms with Crippen LogP contribution < -0.4 is 19.7 Å². The Morgan fingerprint density at radius 1 is 1.26 bits per heavy atom. The van der Waals surface area contributed by atoms with E-state index in [9.17, 15) is 18.8 Å². The lowest BCUT2D eigenvalue weighted by Gasteiger charge is -2.33. The number of nitrogens with one attached hydrogen (secondary N) is 1. The highest BCUT2D eigenvalue weighted by atomic mass is 19.1. The molecule has 31 heavy (non-hydrogen) atoms. The molecule has 0 bridgehead atoms. The molecular weight excluding hydrogens is 403 g/mol.